The Morgan fingerprint density at radius 2 is 2.17 bits per heavy atom. The minimum atomic E-state index is -0.158. The number of rotatable bonds is 3. The van der Waals surface area contributed by atoms with Gasteiger partial charge in [0, 0.05) is 13.1 Å². The zero-order valence-corrected chi connectivity index (χ0v) is 11.0. The van der Waals surface area contributed by atoms with Gasteiger partial charge in [-0.15, -0.1) is 0 Å². The number of esters is 1. The highest BCUT2D eigenvalue weighted by molar-refractivity contribution is 5.83. The molecule has 2 heterocycles. The van der Waals surface area contributed by atoms with Gasteiger partial charge in [-0.2, -0.15) is 0 Å². The lowest BCUT2D eigenvalue weighted by Crippen LogP contribution is -2.49. The van der Waals surface area contributed by atoms with E-state index in [0.29, 0.717) is 13.2 Å². The molecule has 0 aromatic rings. The molecule has 5 nitrogen and oxygen atoms in total. The van der Waals surface area contributed by atoms with Crippen LogP contribution >= 0.6 is 0 Å². The van der Waals surface area contributed by atoms with E-state index in [0.717, 1.165) is 38.8 Å². The van der Waals surface area contributed by atoms with Gasteiger partial charge in [-0.1, -0.05) is 0 Å². The molecule has 2 aliphatic rings. The summed E-state index contributed by atoms with van der Waals surface area (Å²) in [6.45, 7) is 4.44. The second-order valence-corrected chi connectivity index (χ2v) is 5.02. The van der Waals surface area contributed by atoms with Gasteiger partial charge in [0.05, 0.1) is 18.6 Å². The first-order chi connectivity index (χ1) is 8.72. The molecule has 2 saturated heterocycles. The Labute approximate surface area is 108 Å². The highest BCUT2D eigenvalue weighted by Crippen LogP contribution is 2.20. The van der Waals surface area contributed by atoms with Gasteiger partial charge < -0.3 is 15.0 Å². The third kappa shape index (κ3) is 3.02. The predicted molar refractivity (Wildman–Crippen MR) is 67.0 cm³/mol. The smallest absolute Gasteiger partial charge is 0.310 e. The summed E-state index contributed by atoms with van der Waals surface area (Å²) in [5, 5.41) is 3.22. The topological polar surface area (TPSA) is 58.6 Å². The number of piperidine rings is 1. The van der Waals surface area contributed by atoms with Crippen molar-refractivity contribution in [2.24, 2.45) is 5.92 Å². The molecule has 0 aromatic carbocycles. The second kappa shape index (κ2) is 6.18. The quantitative estimate of drug-likeness (QED) is 0.747. The van der Waals surface area contributed by atoms with Crippen LogP contribution in [-0.4, -0.2) is 49.1 Å². The highest BCUT2D eigenvalue weighted by atomic mass is 16.5. The first-order valence-corrected chi connectivity index (χ1v) is 6.91. The molecule has 0 aliphatic carbocycles. The van der Waals surface area contributed by atoms with E-state index in [2.05, 4.69) is 5.32 Å². The van der Waals surface area contributed by atoms with Crippen LogP contribution in [0.15, 0.2) is 0 Å². The van der Waals surface area contributed by atoms with Crippen molar-refractivity contribution in [1.82, 2.24) is 10.2 Å². The molecule has 5 heteroatoms. The van der Waals surface area contributed by atoms with Gasteiger partial charge in [0.25, 0.3) is 0 Å². The number of nitrogens with zero attached hydrogens (tertiary/aromatic N) is 1. The van der Waals surface area contributed by atoms with Crippen molar-refractivity contribution >= 4 is 11.9 Å². The summed E-state index contributed by atoms with van der Waals surface area (Å²) in [5.41, 5.74) is 0. The van der Waals surface area contributed by atoms with E-state index < -0.39 is 0 Å². The van der Waals surface area contributed by atoms with Crippen molar-refractivity contribution in [2.45, 2.75) is 38.6 Å². The van der Waals surface area contributed by atoms with Gasteiger partial charge in [-0.05, 0) is 39.2 Å². The molecule has 2 fully saturated rings. The van der Waals surface area contributed by atoms with Gasteiger partial charge in [-0.25, -0.2) is 0 Å². The minimum absolute atomic E-state index is 0.0362. The van der Waals surface area contributed by atoms with Crippen LogP contribution in [0, 0.1) is 5.92 Å². The molecule has 1 N–H and O–H groups in total. The number of ether oxygens (including phenoxy) is 1. The summed E-state index contributed by atoms with van der Waals surface area (Å²) in [5.74, 6) is -0.139. The van der Waals surface area contributed by atoms with E-state index in [1.807, 2.05) is 11.8 Å². The maximum Gasteiger partial charge on any atom is 0.310 e. The fraction of sp³-hybridized carbons (Fsp3) is 0.846. The van der Waals surface area contributed by atoms with Crippen LogP contribution in [0.5, 0.6) is 0 Å². The predicted octanol–water partition coefficient (Wildman–Crippen LogP) is 0.540. The van der Waals surface area contributed by atoms with E-state index in [-0.39, 0.29) is 23.8 Å². The van der Waals surface area contributed by atoms with Crippen molar-refractivity contribution in [3.05, 3.63) is 0 Å². The van der Waals surface area contributed by atoms with E-state index in [1.54, 1.807) is 0 Å². The maximum atomic E-state index is 12.2. The van der Waals surface area contributed by atoms with Crippen molar-refractivity contribution in [3.8, 4) is 0 Å². The summed E-state index contributed by atoms with van der Waals surface area (Å²) in [6, 6.07) is -0.0362. The zero-order valence-electron chi connectivity index (χ0n) is 11.0. The second-order valence-electron chi connectivity index (χ2n) is 5.02. The summed E-state index contributed by atoms with van der Waals surface area (Å²) < 4.78 is 5.04. The number of carbonyl (C=O) groups is 2. The first-order valence-electron chi connectivity index (χ1n) is 6.91. The number of amides is 1. The van der Waals surface area contributed by atoms with Crippen LogP contribution in [0.3, 0.4) is 0 Å². The highest BCUT2D eigenvalue weighted by Gasteiger charge is 2.33. The van der Waals surface area contributed by atoms with Gasteiger partial charge >= 0.3 is 5.97 Å². The molecule has 1 amide bonds. The molecule has 2 rings (SSSR count). The third-order valence-electron chi connectivity index (χ3n) is 3.71. The molecule has 2 aliphatic heterocycles. The summed E-state index contributed by atoms with van der Waals surface area (Å²) in [7, 11) is 0. The monoisotopic (exact) mass is 254 g/mol. The van der Waals surface area contributed by atoms with Crippen molar-refractivity contribution < 1.29 is 14.3 Å². The van der Waals surface area contributed by atoms with Gasteiger partial charge in [0.2, 0.25) is 5.91 Å². The van der Waals surface area contributed by atoms with Crippen LogP contribution in [0.4, 0.5) is 0 Å². The molecule has 0 bridgehead atoms. The minimum Gasteiger partial charge on any atom is -0.466 e. The van der Waals surface area contributed by atoms with E-state index >= 15 is 0 Å². The van der Waals surface area contributed by atoms with Gasteiger partial charge in [0.15, 0.2) is 0 Å². The normalized spacial score (nSPS) is 28.2. The molecular weight excluding hydrogens is 232 g/mol. The Balaban J connectivity index is 1.89. The molecule has 0 aromatic heterocycles. The molecule has 102 valence electrons. The molecule has 0 saturated carbocycles. The van der Waals surface area contributed by atoms with Gasteiger partial charge in [-0.3, -0.25) is 9.59 Å². The average Bonchev–Trinajstić information content (AvgIpc) is 2.92. The Morgan fingerprint density at radius 3 is 2.83 bits per heavy atom. The number of hydrogen-bond donors (Lipinski definition) is 1. The lowest BCUT2D eigenvalue weighted by Gasteiger charge is -2.33. The SMILES string of the molecule is CCOC(=O)C1CCCN(C(=O)C2CCCN2)C1. The molecular formula is C13H22N2O3. The Kier molecular flexibility index (Phi) is 4.58. The molecule has 2 atom stereocenters. The van der Waals surface area contributed by atoms with Crippen molar-refractivity contribution in [3.63, 3.8) is 0 Å². The summed E-state index contributed by atoms with van der Waals surface area (Å²) in [6.07, 6.45) is 3.70. The third-order valence-corrected chi connectivity index (χ3v) is 3.71. The van der Waals surface area contributed by atoms with Crippen LogP contribution in [0.2, 0.25) is 0 Å². The zero-order chi connectivity index (χ0) is 13.0. The van der Waals surface area contributed by atoms with Crippen molar-refractivity contribution in [2.75, 3.05) is 26.2 Å². The summed E-state index contributed by atoms with van der Waals surface area (Å²) in [4.78, 5) is 25.8. The van der Waals surface area contributed by atoms with Crippen LogP contribution in [0.25, 0.3) is 0 Å². The number of nitrogens with one attached hydrogen (secondary N) is 1. The van der Waals surface area contributed by atoms with Crippen molar-refractivity contribution in [1.29, 1.82) is 0 Å². The molecule has 2 unspecified atom stereocenters. The lowest BCUT2D eigenvalue weighted by molar-refractivity contribution is -0.151. The van der Waals surface area contributed by atoms with Gasteiger partial charge in [0.1, 0.15) is 0 Å². The Morgan fingerprint density at radius 1 is 1.33 bits per heavy atom. The fourth-order valence-corrected chi connectivity index (χ4v) is 2.75. The molecule has 0 radical (unpaired) electrons. The van der Waals surface area contributed by atoms with Crippen LogP contribution in [0.1, 0.15) is 32.6 Å². The Hall–Kier alpha value is -1.10. The standard InChI is InChI=1S/C13H22N2O3/c1-2-18-13(17)10-5-4-8-15(9-10)12(16)11-6-3-7-14-11/h10-11,14H,2-9H2,1H3. The Bertz CT molecular complexity index is 313. The number of hydrogen-bond acceptors (Lipinski definition) is 4. The maximum absolute atomic E-state index is 12.2. The largest absolute Gasteiger partial charge is 0.466 e. The van der Waals surface area contributed by atoms with E-state index in [9.17, 15) is 9.59 Å². The molecule has 18 heavy (non-hydrogen) atoms. The lowest BCUT2D eigenvalue weighted by atomic mass is 9.97. The summed E-state index contributed by atoms with van der Waals surface area (Å²) >= 11 is 0. The number of likely N-dealkylation sites (tertiary alicyclic amines) is 1. The van der Waals surface area contributed by atoms with E-state index in [4.69, 9.17) is 4.74 Å². The van der Waals surface area contributed by atoms with Crippen LogP contribution < -0.4 is 5.32 Å². The molecule has 0 spiro atoms. The first kappa shape index (κ1) is 13.3. The number of carbonyl (C=O) groups excluding carboxylic acids is 2. The fourth-order valence-electron chi connectivity index (χ4n) is 2.75. The average molecular weight is 254 g/mol. The van der Waals surface area contributed by atoms with Crippen LogP contribution in [-0.2, 0) is 14.3 Å². The van der Waals surface area contributed by atoms with E-state index in [1.165, 1.54) is 0 Å².